The fourth-order valence-corrected chi connectivity index (χ4v) is 4.33. The molecule has 0 aromatic heterocycles. The third-order valence-corrected chi connectivity index (χ3v) is 4.77. The zero-order valence-corrected chi connectivity index (χ0v) is 15.9. The van der Waals surface area contributed by atoms with Crippen molar-refractivity contribution in [3.8, 4) is 0 Å². The highest BCUT2D eigenvalue weighted by molar-refractivity contribution is 9.11. The molecule has 3 N–H and O–H groups in total. The van der Waals surface area contributed by atoms with Gasteiger partial charge in [0.05, 0.1) is 11.6 Å². The van der Waals surface area contributed by atoms with Gasteiger partial charge in [0.1, 0.15) is 0 Å². The lowest BCUT2D eigenvalue weighted by molar-refractivity contribution is -0.117. The lowest BCUT2D eigenvalue weighted by Gasteiger charge is -2.15. The van der Waals surface area contributed by atoms with Crippen LogP contribution in [0.2, 0.25) is 0 Å². The number of nitrogen functional groups attached to an aromatic ring is 1. The predicted octanol–water partition coefficient (Wildman–Crippen LogP) is 5.30. The third-order valence-electron chi connectivity index (χ3n) is 3.06. The largest absolute Gasteiger partial charge is 0.399 e. The van der Waals surface area contributed by atoms with Crippen molar-refractivity contribution >= 4 is 65.1 Å². The first-order valence-electron chi connectivity index (χ1n) is 6.19. The van der Waals surface area contributed by atoms with Gasteiger partial charge in [-0.1, -0.05) is 28.1 Å². The highest BCUT2D eigenvalue weighted by atomic mass is 79.9. The summed E-state index contributed by atoms with van der Waals surface area (Å²) >= 11 is 10.3. The second kappa shape index (κ2) is 6.94. The van der Waals surface area contributed by atoms with Crippen molar-refractivity contribution in [2.24, 2.45) is 0 Å². The molecule has 110 valence electrons. The van der Waals surface area contributed by atoms with Crippen molar-refractivity contribution in [3.63, 3.8) is 0 Å². The number of nitrogens with two attached hydrogens (primary N) is 1. The van der Waals surface area contributed by atoms with Crippen LogP contribution in [0.25, 0.3) is 0 Å². The average Bonchev–Trinajstić information content (AvgIpc) is 2.41. The molecule has 6 heteroatoms. The zero-order chi connectivity index (χ0) is 15.6. The first-order chi connectivity index (χ1) is 9.88. The standard InChI is InChI=1S/C15H13Br3N2O/c1-8(9-3-2-4-11(19)5-9)15(21)20-14-12(17)6-10(16)7-13(14)18/h2-8H,19H2,1H3,(H,20,21). The van der Waals surface area contributed by atoms with Crippen LogP contribution in [0.3, 0.4) is 0 Å². The monoisotopic (exact) mass is 474 g/mol. The average molecular weight is 477 g/mol. The predicted molar refractivity (Wildman–Crippen MR) is 97.4 cm³/mol. The van der Waals surface area contributed by atoms with Crippen LogP contribution in [-0.2, 0) is 4.79 Å². The minimum absolute atomic E-state index is 0.0932. The van der Waals surface area contributed by atoms with Crippen molar-refractivity contribution in [1.82, 2.24) is 0 Å². The lowest BCUT2D eigenvalue weighted by Crippen LogP contribution is -2.19. The van der Waals surface area contributed by atoms with E-state index in [1.54, 1.807) is 6.07 Å². The summed E-state index contributed by atoms with van der Waals surface area (Å²) in [7, 11) is 0. The van der Waals surface area contributed by atoms with Crippen LogP contribution in [0, 0.1) is 0 Å². The van der Waals surface area contributed by atoms with Gasteiger partial charge in [0, 0.05) is 19.1 Å². The molecule has 2 rings (SSSR count). The molecule has 1 amide bonds. The molecule has 0 aliphatic heterocycles. The Balaban J connectivity index is 2.22. The summed E-state index contributed by atoms with van der Waals surface area (Å²) in [6.07, 6.45) is 0. The first-order valence-corrected chi connectivity index (χ1v) is 8.57. The van der Waals surface area contributed by atoms with Gasteiger partial charge in [-0.2, -0.15) is 0 Å². The number of carbonyl (C=O) groups is 1. The van der Waals surface area contributed by atoms with Crippen molar-refractivity contribution < 1.29 is 4.79 Å². The molecule has 0 heterocycles. The molecule has 2 aromatic carbocycles. The summed E-state index contributed by atoms with van der Waals surface area (Å²) < 4.78 is 2.52. The lowest BCUT2D eigenvalue weighted by atomic mass is 10.00. The molecule has 0 bridgehead atoms. The molecule has 0 spiro atoms. The van der Waals surface area contributed by atoms with Gasteiger partial charge in [-0.3, -0.25) is 4.79 Å². The van der Waals surface area contributed by atoms with E-state index in [9.17, 15) is 4.79 Å². The van der Waals surface area contributed by atoms with E-state index in [1.165, 1.54) is 0 Å². The molecule has 21 heavy (non-hydrogen) atoms. The van der Waals surface area contributed by atoms with E-state index in [1.807, 2.05) is 37.3 Å². The van der Waals surface area contributed by atoms with Crippen LogP contribution in [0.15, 0.2) is 49.8 Å². The molecule has 2 aromatic rings. The molecule has 0 saturated carbocycles. The molecular formula is C15H13Br3N2O. The number of hydrogen-bond acceptors (Lipinski definition) is 2. The van der Waals surface area contributed by atoms with Crippen molar-refractivity contribution in [3.05, 3.63) is 55.4 Å². The van der Waals surface area contributed by atoms with Gasteiger partial charge in [0.15, 0.2) is 0 Å². The molecule has 1 unspecified atom stereocenters. The van der Waals surface area contributed by atoms with Gasteiger partial charge in [-0.25, -0.2) is 0 Å². The normalized spacial score (nSPS) is 12.0. The Morgan fingerprint density at radius 3 is 2.33 bits per heavy atom. The van der Waals surface area contributed by atoms with Gasteiger partial charge in [-0.05, 0) is 68.6 Å². The van der Waals surface area contributed by atoms with Crippen LogP contribution < -0.4 is 11.1 Å². The molecule has 0 aliphatic rings. The van der Waals surface area contributed by atoms with Crippen LogP contribution in [0.4, 0.5) is 11.4 Å². The second-order valence-electron chi connectivity index (χ2n) is 4.63. The van der Waals surface area contributed by atoms with E-state index in [0.717, 1.165) is 19.0 Å². The van der Waals surface area contributed by atoms with E-state index in [2.05, 4.69) is 53.1 Å². The van der Waals surface area contributed by atoms with Gasteiger partial charge in [0.25, 0.3) is 0 Å². The van der Waals surface area contributed by atoms with Crippen LogP contribution >= 0.6 is 47.8 Å². The number of amides is 1. The first kappa shape index (κ1) is 16.5. The molecule has 3 nitrogen and oxygen atoms in total. The Bertz CT molecular complexity index is 665. The number of rotatable bonds is 3. The highest BCUT2D eigenvalue weighted by Crippen LogP contribution is 2.35. The van der Waals surface area contributed by atoms with Crippen LogP contribution in [-0.4, -0.2) is 5.91 Å². The maximum absolute atomic E-state index is 12.4. The zero-order valence-electron chi connectivity index (χ0n) is 11.2. The number of hydrogen-bond donors (Lipinski definition) is 2. The van der Waals surface area contributed by atoms with E-state index >= 15 is 0 Å². The molecule has 0 aliphatic carbocycles. The SMILES string of the molecule is CC(C(=O)Nc1c(Br)cc(Br)cc1Br)c1cccc(N)c1. The molecule has 0 radical (unpaired) electrons. The maximum atomic E-state index is 12.4. The molecule has 0 fully saturated rings. The highest BCUT2D eigenvalue weighted by Gasteiger charge is 2.18. The number of halogens is 3. The topological polar surface area (TPSA) is 55.1 Å². The van der Waals surface area contributed by atoms with Crippen LogP contribution in [0.5, 0.6) is 0 Å². The second-order valence-corrected chi connectivity index (χ2v) is 7.25. The fraction of sp³-hybridized carbons (Fsp3) is 0.133. The Morgan fingerprint density at radius 2 is 1.76 bits per heavy atom. The Hall–Kier alpha value is -0.850. The summed E-state index contributed by atoms with van der Waals surface area (Å²) in [5.41, 5.74) is 8.01. The van der Waals surface area contributed by atoms with Crippen molar-refractivity contribution in [2.75, 3.05) is 11.1 Å². The minimum atomic E-state index is -0.295. The summed E-state index contributed by atoms with van der Waals surface area (Å²) in [4.78, 5) is 12.4. The summed E-state index contributed by atoms with van der Waals surface area (Å²) in [5, 5.41) is 2.93. The Morgan fingerprint density at radius 1 is 1.14 bits per heavy atom. The number of benzene rings is 2. The smallest absolute Gasteiger partial charge is 0.231 e. The fourth-order valence-electron chi connectivity index (χ4n) is 1.87. The third kappa shape index (κ3) is 4.08. The van der Waals surface area contributed by atoms with Crippen molar-refractivity contribution in [1.29, 1.82) is 0 Å². The Kier molecular flexibility index (Phi) is 5.46. The minimum Gasteiger partial charge on any atom is -0.399 e. The van der Waals surface area contributed by atoms with Gasteiger partial charge in [-0.15, -0.1) is 0 Å². The molecule has 1 atom stereocenters. The van der Waals surface area contributed by atoms with Crippen molar-refractivity contribution in [2.45, 2.75) is 12.8 Å². The number of carbonyl (C=O) groups excluding carboxylic acids is 1. The van der Waals surface area contributed by atoms with Crippen LogP contribution in [0.1, 0.15) is 18.4 Å². The molecular weight excluding hydrogens is 464 g/mol. The summed E-state index contributed by atoms with van der Waals surface area (Å²) in [6.45, 7) is 1.85. The van der Waals surface area contributed by atoms with E-state index in [-0.39, 0.29) is 11.8 Å². The summed E-state index contributed by atoms with van der Waals surface area (Å²) in [5.74, 6) is -0.389. The van der Waals surface area contributed by atoms with Gasteiger partial charge >= 0.3 is 0 Å². The van der Waals surface area contributed by atoms with E-state index in [0.29, 0.717) is 11.4 Å². The number of nitrogens with one attached hydrogen (secondary N) is 1. The maximum Gasteiger partial charge on any atom is 0.231 e. The molecule has 0 saturated heterocycles. The summed E-state index contributed by atoms with van der Waals surface area (Å²) in [6, 6.07) is 11.1. The number of anilines is 2. The van der Waals surface area contributed by atoms with E-state index < -0.39 is 0 Å². The Labute approximate surface area is 148 Å². The van der Waals surface area contributed by atoms with Gasteiger partial charge in [0.2, 0.25) is 5.91 Å². The van der Waals surface area contributed by atoms with Gasteiger partial charge < -0.3 is 11.1 Å². The van der Waals surface area contributed by atoms with E-state index in [4.69, 9.17) is 5.73 Å². The quantitative estimate of drug-likeness (QED) is 0.591.